The van der Waals surface area contributed by atoms with E-state index in [2.05, 4.69) is 0 Å². The number of fused-ring (bicyclic) bond motifs is 1. The third-order valence-electron chi connectivity index (χ3n) is 5.90. The van der Waals surface area contributed by atoms with Crippen molar-refractivity contribution >= 4 is 5.78 Å². The Labute approximate surface area is 168 Å². The zero-order chi connectivity index (χ0) is 21.6. The summed E-state index contributed by atoms with van der Waals surface area (Å²) in [5, 5.41) is 58.2. The molecule has 1 aromatic rings. The lowest BCUT2D eigenvalue weighted by Crippen LogP contribution is -2.59. The largest absolute Gasteiger partial charge is 0.394 e. The molecule has 1 fully saturated rings. The first-order chi connectivity index (χ1) is 13.6. The fraction of sp³-hybridized carbons (Fsp3) is 0.650. The molecule has 6 N–H and O–H groups in total. The maximum absolute atomic E-state index is 12.9. The number of rotatable bonds is 5. The van der Waals surface area contributed by atoms with E-state index in [-0.39, 0.29) is 12.2 Å². The minimum Gasteiger partial charge on any atom is -0.394 e. The van der Waals surface area contributed by atoms with Gasteiger partial charge in [0.2, 0.25) is 0 Å². The summed E-state index contributed by atoms with van der Waals surface area (Å²) < 4.78 is 11.3. The van der Waals surface area contributed by atoms with Crippen molar-refractivity contribution in [2.24, 2.45) is 5.92 Å². The molecular weight excluding hydrogens is 384 g/mol. The van der Waals surface area contributed by atoms with Gasteiger partial charge in [0.05, 0.1) is 18.6 Å². The van der Waals surface area contributed by atoms with Crippen LogP contribution in [0.2, 0.25) is 0 Å². The summed E-state index contributed by atoms with van der Waals surface area (Å²) in [5.74, 6) is -0.787. The average molecular weight is 412 g/mol. The minimum absolute atomic E-state index is 0.00908. The second-order valence-electron chi connectivity index (χ2n) is 7.85. The molecule has 3 rings (SSSR count). The van der Waals surface area contributed by atoms with E-state index in [0.29, 0.717) is 22.3 Å². The van der Waals surface area contributed by atoms with Crippen molar-refractivity contribution in [1.82, 2.24) is 0 Å². The Morgan fingerprint density at radius 2 is 1.79 bits per heavy atom. The highest BCUT2D eigenvalue weighted by Crippen LogP contribution is 2.43. The highest BCUT2D eigenvalue weighted by Gasteiger charge is 2.48. The van der Waals surface area contributed by atoms with Gasteiger partial charge in [-0.15, -0.1) is 0 Å². The van der Waals surface area contributed by atoms with Gasteiger partial charge in [-0.1, -0.05) is 13.0 Å². The Bertz CT molecular complexity index is 776. The topological polar surface area (TPSA) is 157 Å². The summed E-state index contributed by atoms with van der Waals surface area (Å²) >= 11 is 0. The van der Waals surface area contributed by atoms with Crippen molar-refractivity contribution < 1.29 is 44.9 Å². The lowest BCUT2D eigenvalue weighted by Gasteiger charge is -2.41. The van der Waals surface area contributed by atoms with E-state index in [9.17, 15) is 35.4 Å². The number of aryl methyl sites for hydroxylation is 1. The fourth-order valence-corrected chi connectivity index (χ4v) is 4.25. The normalized spacial score (nSPS) is 34.7. The van der Waals surface area contributed by atoms with Gasteiger partial charge in [-0.3, -0.25) is 4.79 Å². The number of aliphatic hydroxyl groups is 6. The number of hydrogen-bond donors (Lipinski definition) is 6. The number of carbonyl (C=O) groups is 1. The van der Waals surface area contributed by atoms with E-state index in [0.717, 1.165) is 5.56 Å². The Hall–Kier alpha value is -1.43. The number of carbonyl (C=O) groups excluding carboxylic acids is 1. The maximum Gasteiger partial charge on any atom is 0.187 e. The van der Waals surface area contributed by atoms with Crippen molar-refractivity contribution in [3.8, 4) is 0 Å². The van der Waals surface area contributed by atoms with Crippen LogP contribution in [0.15, 0.2) is 6.07 Å². The third kappa shape index (κ3) is 3.85. The SMILES string of the molecule is Cc1cc2c(c(C)c1CC(O)O)C(=O)[C@@H](C)[C@@H]2O[C@@H]1O[C@@H](CO)[C@@H](O)[C@H](O)[C@H]1O. The quantitative estimate of drug-likeness (QED) is 0.329. The Morgan fingerprint density at radius 1 is 1.14 bits per heavy atom. The zero-order valence-corrected chi connectivity index (χ0v) is 16.5. The maximum atomic E-state index is 12.9. The van der Waals surface area contributed by atoms with E-state index in [1.807, 2.05) is 0 Å². The summed E-state index contributed by atoms with van der Waals surface area (Å²) in [6, 6.07) is 1.75. The van der Waals surface area contributed by atoms with Crippen LogP contribution in [-0.4, -0.2) is 80.0 Å². The molecule has 2 aliphatic rings. The molecule has 0 bridgehead atoms. The molecule has 9 heteroatoms. The molecule has 1 aromatic carbocycles. The first kappa shape index (κ1) is 22.3. The van der Waals surface area contributed by atoms with Gasteiger partial charge in [0.15, 0.2) is 18.4 Å². The molecule has 162 valence electrons. The zero-order valence-electron chi connectivity index (χ0n) is 16.5. The smallest absolute Gasteiger partial charge is 0.187 e. The first-order valence-corrected chi connectivity index (χ1v) is 9.57. The Kier molecular flexibility index (Phi) is 6.42. The number of ether oxygens (including phenoxy) is 2. The van der Waals surface area contributed by atoms with E-state index in [4.69, 9.17) is 9.47 Å². The molecule has 1 saturated heterocycles. The highest BCUT2D eigenvalue weighted by atomic mass is 16.7. The van der Waals surface area contributed by atoms with Gasteiger partial charge >= 0.3 is 0 Å². The summed E-state index contributed by atoms with van der Waals surface area (Å²) in [6.45, 7) is 4.63. The second-order valence-corrected chi connectivity index (χ2v) is 7.85. The summed E-state index contributed by atoms with van der Waals surface area (Å²) in [6.07, 6.45) is -9.42. The molecule has 0 unspecified atom stereocenters. The van der Waals surface area contributed by atoms with Crippen molar-refractivity contribution in [2.75, 3.05) is 6.61 Å². The number of hydrogen-bond acceptors (Lipinski definition) is 9. The van der Waals surface area contributed by atoms with Crippen LogP contribution in [0.4, 0.5) is 0 Å². The number of Topliss-reactive ketones (excluding diaryl/α,β-unsaturated/α-hetero) is 1. The predicted octanol–water partition coefficient (Wildman–Crippen LogP) is -1.15. The van der Waals surface area contributed by atoms with Crippen molar-refractivity contribution in [1.29, 1.82) is 0 Å². The highest BCUT2D eigenvalue weighted by molar-refractivity contribution is 6.04. The lowest BCUT2D eigenvalue weighted by atomic mass is 9.91. The van der Waals surface area contributed by atoms with Crippen molar-refractivity contribution in [3.63, 3.8) is 0 Å². The standard InChI is InChI=1S/C20H28O9/c1-7-4-11-14(8(2)10(7)5-13(22)23)15(24)9(3)19(11)29-20-18(27)17(26)16(25)12(6-21)28-20/h4,9,12-13,16-23,25-27H,5-6H2,1-3H3/t9-,12+,16-,17+,18-,19+,20+/m1/s1. The summed E-state index contributed by atoms with van der Waals surface area (Å²) in [7, 11) is 0. The molecule has 1 aliphatic carbocycles. The van der Waals surface area contributed by atoms with Crippen LogP contribution in [-0.2, 0) is 15.9 Å². The molecule has 9 nitrogen and oxygen atoms in total. The molecule has 0 saturated carbocycles. The van der Waals surface area contributed by atoms with Crippen LogP contribution in [0.25, 0.3) is 0 Å². The molecule has 29 heavy (non-hydrogen) atoms. The monoisotopic (exact) mass is 412 g/mol. The average Bonchev–Trinajstić information content (AvgIpc) is 2.89. The number of aliphatic hydroxyl groups excluding tert-OH is 5. The fourth-order valence-electron chi connectivity index (χ4n) is 4.25. The summed E-state index contributed by atoms with van der Waals surface area (Å²) in [4.78, 5) is 12.9. The second kappa shape index (κ2) is 8.37. The molecule has 0 spiro atoms. The summed E-state index contributed by atoms with van der Waals surface area (Å²) in [5.41, 5.74) is 3.11. The first-order valence-electron chi connectivity index (χ1n) is 9.57. The Balaban J connectivity index is 1.94. The van der Waals surface area contributed by atoms with Crippen molar-refractivity contribution in [2.45, 2.75) is 70.3 Å². The van der Waals surface area contributed by atoms with Crippen LogP contribution in [0.3, 0.4) is 0 Å². The molecule has 1 heterocycles. The van der Waals surface area contributed by atoms with Gasteiger partial charge in [-0.2, -0.15) is 0 Å². The van der Waals surface area contributed by atoms with E-state index >= 15 is 0 Å². The van der Waals surface area contributed by atoms with Gasteiger partial charge in [0, 0.05) is 12.0 Å². The van der Waals surface area contributed by atoms with Crippen LogP contribution >= 0.6 is 0 Å². The van der Waals surface area contributed by atoms with Gasteiger partial charge in [0.25, 0.3) is 0 Å². The molecule has 7 atom stereocenters. The van der Waals surface area contributed by atoms with E-state index in [1.165, 1.54) is 0 Å². The van der Waals surface area contributed by atoms with Crippen LogP contribution in [0.1, 0.15) is 45.6 Å². The predicted molar refractivity (Wildman–Crippen MR) is 98.9 cm³/mol. The van der Waals surface area contributed by atoms with Crippen LogP contribution < -0.4 is 0 Å². The van der Waals surface area contributed by atoms with E-state index < -0.39 is 55.6 Å². The molecular formula is C20H28O9. The molecule has 1 aliphatic heterocycles. The van der Waals surface area contributed by atoms with Crippen LogP contribution in [0.5, 0.6) is 0 Å². The molecule has 0 radical (unpaired) electrons. The van der Waals surface area contributed by atoms with Gasteiger partial charge in [-0.25, -0.2) is 0 Å². The number of benzene rings is 1. The van der Waals surface area contributed by atoms with Crippen LogP contribution in [0, 0.1) is 19.8 Å². The molecule has 0 amide bonds. The van der Waals surface area contributed by atoms with Gasteiger partial charge < -0.3 is 40.1 Å². The van der Waals surface area contributed by atoms with Gasteiger partial charge in [-0.05, 0) is 36.1 Å². The Morgan fingerprint density at radius 3 is 2.38 bits per heavy atom. The third-order valence-corrected chi connectivity index (χ3v) is 5.90. The number of ketones is 1. The van der Waals surface area contributed by atoms with Gasteiger partial charge in [0.1, 0.15) is 24.4 Å². The van der Waals surface area contributed by atoms with Crippen molar-refractivity contribution in [3.05, 3.63) is 33.9 Å². The lowest BCUT2D eigenvalue weighted by molar-refractivity contribution is -0.314. The minimum atomic E-state index is -1.57. The molecule has 0 aromatic heterocycles. The van der Waals surface area contributed by atoms with E-state index in [1.54, 1.807) is 26.8 Å².